The van der Waals surface area contributed by atoms with Crippen molar-refractivity contribution in [1.82, 2.24) is 0 Å². The third kappa shape index (κ3) is 0.951. The van der Waals surface area contributed by atoms with Gasteiger partial charge in [0, 0.05) is 36.3 Å². The molecule has 0 atom stereocenters. The summed E-state index contributed by atoms with van der Waals surface area (Å²) in [5.41, 5.74) is 2.93. The molecular formula is C13H11+. The van der Waals surface area contributed by atoms with E-state index in [4.69, 9.17) is 0 Å². The van der Waals surface area contributed by atoms with Gasteiger partial charge >= 0.3 is 0 Å². The fourth-order valence-electron chi connectivity index (χ4n) is 2.21. The zero-order valence-electron chi connectivity index (χ0n) is 7.46. The third-order valence-electron chi connectivity index (χ3n) is 2.80. The first-order chi connectivity index (χ1) is 6.45. The zero-order chi connectivity index (χ0) is 8.67. The summed E-state index contributed by atoms with van der Waals surface area (Å²) in [5.74, 6) is 0. The second-order valence-corrected chi connectivity index (χ2v) is 3.61. The van der Waals surface area contributed by atoms with E-state index in [1.807, 2.05) is 0 Å². The van der Waals surface area contributed by atoms with Crippen LogP contribution in [0.25, 0.3) is 10.8 Å². The molecule has 0 saturated heterocycles. The van der Waals surface area contributed by atoms with Crippen LogP contribution < -0.4 is 0 Å². The Labute approximate surface area is 78.2 Å². The van der Waals surface area contributed by atoms with Gasteiger partial charge in [-0.2, -0.15) is 0 Å². The lowest BCUT2D eigenvalue weighted by molar-refractivity contribution is 0.941. The van der Waals surface area contributed by atoms with E-state index in [0.717, 1.165) is 0 Å². The molecule has 3 rings (SSSR count). The van der Waals surface area contributed by atoms with Crippen LogP contribution in [0.3, 0.4) is 0 Å². The van der Waals surface area contributed by atoms with Crippen molar-refractivity contribution in [3.8, 4) is 0 Å². The summed E-state index contributed by atoms with van der Waals surface area (Å²) in [4.78, 5) is 0. The van der Waals surface area contributed by atoms with Gasteiger partial charge in [-0.15, -0.1) is 0 Å². The maximum Gasteiger partial charge on any atom is 0.138 e. The molecule has 2 aromatic carbocycles. The van der Waals surface area contributed by atoms with Crippen LogP contribution in [0.5, 0.6) is 0 Å². The van der Waals surface area contributed by atoms with E-state index in [2.05, 4.69) is 42.8 Å². The van der Waals surface area contributed by atoms with E-state index in [0.29, 0.717) is 0 Å². The van der Waals surface area contributed by atoms with Gasteiger partial charge in [0.25, 0.3) is 0 Å². The Morgan fingerprint density at radius 2 is 1.85 bits per heavy atom. The summed E-state index contributed by atoms with van der Waals surface area (Å²) < 4.78 is 0. The quantitative estimate of drug-likeness (QED) is 0.528. The average Bonchev–Trinajstić information content (AvgIpc) is 2.19. The van der Waals surface area contributed by atoms with Gasteiger partial charge in [0.1, 0.15) is 5.56 Å². The summed E-state index contributed by atoms with van der Waals surface area (Å²) in [6.07, 6.45) is 4.74. The predicted octanol–water partition coefficient (Wildman–Crippen LogP) is 3.34. The Hall–Kier alpha value is -1.43. The van der Waals surface area contributed by atoms with Crippen molar-refractivity contribution in [2.45, 2.75) is 12.8 Å². The highest BCUT2D eigenvalue weighted by atomic mass is 14.1. The molecular weight excluding hydrogens is 156 g/mol. The van der Waals surface area contributed by atoms with Gasteiger partial charge in [-0.25, -0.2) is 0 Å². The molecule has 1 aliphatic rings. The van der Waals surface area contributed by atoms with Crippen molar-refractivity contribution >= 4 is 10.8 Å². The first-order valence-corrected chi connectivity index (χ1v) is 4.79. The van der Waals surface area contributed by atoms with Crippen LogP contribution in [0.4, 0.5) is 0 Å². The van der Waals surface area contributed by atoms with Crippen molar-refractivity contribution in [1.29, 1.82) is 0 Å². The van der Waals surface area contributed by atoms with Crippen LogP contribution in [0.15, 0.2) is 36.4 Å². The second-order valence-electron chi connectivity index (χ2n) is 3.61. The maximum absolute atomic E-state index is 2.34. The lowest BCUT2D eigenvalue weighted by Crippen LogP contribution is -1.98. The van der Waals surface area contributed by atoms with E-state index in [1.54, 1.807) is 0 Å². The molecule has 0 aliphatic heterocycles. The first-order valence-electron chi connectivity index (χ1n) is 4.79. The van der Waals surface area contributed by atoms with Gasteiger partial charge in [-0.05, 0) is 24.3 Å². The van der Waals surface area contributed by atoms with Gasteiger partial charge in [0.2, 0.25) is 0 Å². The molecule has 2 aromatic rings. The molecule has 0 unspecified atom stereocenters. The molecule has 0 heterocycles. The standard InChI is InChI=1S/C13H11/c1-4-10-6-2-8-12-9-3-7-11(5-1)13(10)12/h1-2,4-8H,3,9H2/q+1. The van der Waals surface area contributed by atoms with E-state index < -0.39 is 0 Å². The van der Waals surface area contributed by atoms with Crippen LogP contribution in [-0.4, -0.2) is 0 Å². The Morgan fingerprint density at radius 1 is 1.00 bits per heavy atom. The second kappa shape index (κ2) is 2.53. The van der Waals surface area contributed by atoms with Gasteiger partial charge in [0.05, 0.1) is 5.39 Å². The normalized spacial score (nSPS) is 14.2. The molecule has 0 saturated carbocycles. The maximum atomic E-state index is 2.34. The van der Waals surface area contributed by atoms with Crippen LogP contribution in [0.1, 0.15) is 17.5 Å². The van der Waals surface area contributed by atoms with E-state index in [-0.39, 0.29) is 0 Å². The molecule has 0 aromatic heterocycles. The molecule has 0 nitrogen and oxygen atoms in total. The highest BCUT2D eigenvalue weighted by Crippen LogP contribution is 2.30. The summed E-state index contributed by atoms with van der Waals surface area (Å²) in [5, 5.41) is 2.85. The number of aryl methyl sites for hydroxylation is 1. The number of rotatable bonds is 0. The molecule has 1 aliphatic carbocycles. The van der Waals surface area contributed by atoms with Gasteiger partial charge in [0.15, 0.2) is 0 Å². The molecule has 0 spiro atoms. The number of benzene rings is 2. The van der Waals surface area contributed by atoms with Crippen molar-refractivity contribution < 1.29 is 0 Å². The molecule has 13 heavy (non-hydrogen) atoms. The summed E-state index contributed by atoms with van der Waals surface area (Å²) in [6, 6.07) is 13.2. The average molecular weight is 167 g/mol. The van der Waals surface area contributed by atoms with Crippen molar-refractivity contribution in [3.63, 3.8) is 0 Å². The van der Waals surface area contributed by atoms with E-state index >= 15 is 0 Å². The molecule has 0 N–H and O–H groups in total. The Morgan fingerprint density at radius 3 is 2.77 bits per heavy atom. The molecule has 62 valence electrons. The van der Waals surface area contributed by atoms with Crippen LogP contribution in [0, 0.1) is 6.42 Å². The van der Waals surface area contributed by atoms with Crippen molar-refractivity contribution in [3.05, 3.63) is 53.9 Å². The Balaban J connectivity index is 2.49. The Bertz CT molecular complexity index is 416. The van der Waals surface area contributed by atoms with Gasteiger partial charge in [-0.1, -0.05) is 6.07 Å². The minimum Gasteiger partial charge on any atom is -0.0590 e. The summed E-state index contributed by atoms with van der Waals surface area (Å²) in [7, 11) is 0. The highest BCUT2D eigenvalue weighted by molar-refractivity contribution is 5.90. The number of hydrogen-bond acceptors (Lipinski definition) is 0. The van der Waals surface area contributed by atoms with Gasteiger partial charge < -0.3 is 0 Å². The smallest absolute Gasteiger partial charge is 0.0590 e. The monoisotopic (exact) mass is 167 g/mol. The topological polar surface area (TPSA) is 0 Å². The third-order valence-corrected chi connectivity index (χ3v) is 2.80. The minimum absolute atomic E-state index is 1.19. The Kier molecular flexibility index (Phi) is 1.36. The summed E-state index contributed by atoms with van der Waals surface area (Å²) in [6.45, 7) is 0. The largest absolute Gasteiger partial charge is 0.138 e. The lowest BCUT2D eigenvalue weighted by Gasteiger charge is -2.08. The summed E-state index contributed by atoms with van der Waals surface area (Å²) >= 11 is 0. The first kappa shape index (κ1) is 7.02. The molecule has 0 fully saturated rings. The van der Waals surface area contributed by atoms with E-state index in [1.165, 1.54) is 34.7 Å². The van der Waals surface area contributed by atoms with Crippen molar-refractivity contribution in [2.75, 3.05) is 0 Å². The molecule has 0 amide bonds. The van der Waals surface area contributed by atoms with Crippen molar-refractivity contribution in [2.24, 2.45) is 0 Å². The fourth-order valence-corrected chi connectivity index (χ4v) is 2.21. The molecule has 0 bridgehead atoms. The molecule has 0 radical (unpaired) electrons. The predicted molar refractivity (Wildman–Crippen MR) is 55.7 cm³/mol. The van der Waals surface area contributed by atoms with Gasteiger partial charge in [-0.3, -0.25) is 0 Å². The fraction of sp³-hybridized carbons (Fsp3) is 0.154. The highest BCUT2D eigenvalue weighted by Gasteiger charge is 2.18. The van der Waals surface area contributed by atoms with Crippen LogP contribution >= 0.6 is 0 Å². The number of hydrogen-bond donors (Lipinski definition) is 0. The van der Waals surface area contributed by atoms with E-state index in [9.17, 15) is 0 Å². The minimum atomic E-state index is 1.19. The zero-order valence-corrected chi connectivity index (χ0v) is 7.46. The van der Waals surface area contributed by atoms with Crippen LogP contribution in [0.2, 0.25) is 0 Å². The van der Waals surface area contributed by atoms with Crippen LogP contribution in [-0.2, 0) is 6.42 Å². The SMILES string of the molecule is c1cc2c3c(cccc3c1)CC[CH+]2. The lowest BCUT2D eigenvalue weighted by atomic mass is 9.89. The molecule has 0 heteroatoms.